The van der Waals surface area contributed by atoms with E-state index in [1.807, 2.05) is 0 Å². The van der Waals surface area contributed by atoms with E-state index in [9.17, 15) is 0 Å². The molecule has 5 N–H and O–H groups in total. The summed E-state index contributed by atoms with van der Waals surface area (Å²) in [7, 11) is 0. The second-order valence-electron chi connectivity index (χ2n) is 0.238. The SMILES string of the molecule is O=[As]([O-])O.[NH4+]. The Balaban J connectivity index is 0. The minimum atomic E-state index is -3.69. The smallest absolute Gasteiger partial charge is 0.369 e. The molecule has 0 fully saturated rings. The molecule has 1 radical (unpaired) electrons. The predicted molar refractivity (Wildman–Crippen MR) is 14.6 cm³/mol. The number of quaternary nitrogens is 1. The Labute approximate surface area is 34.2 Å². The van der Waals surface area contributed by atoms with E-state index in [4.69, 9.17) is 11.9 Å². The second-order valence-corrected chi connectivity index (χ2v) is 1.24. The van der Waals surface area contributed by atoms with Crippen LogP contribution in [0.2, 0.25) is 0 Å². The van der Waals surface area contributed by atoms with E-state index >= 15 is 0 Å². The van der Waals surface area contributed by atoms with Gasteiger partial charge in [0.2, 0.25) is 0 Å². The standard InChI is InChI=1S/AsHO3.H3N/c2-1(3)4;/h(H-,2,3,4);1H3/q-1;/p+1. The van der Waals surface area contributed by atoms with Gasteiger partial charge in [-0.1, -0.05) is 0 Å². The third kappa shape index (κ3) is 374. The molecule has 0 amide bonds. The number of hydrogen-bond acceptors (Lipinski definition) is 2. The van der Waals surface area contributed by atoms with Crippen molar-refractivity contribution in [2.45, 2.75) is 0 Å². The van der Waals surface area contributed by atoms with Crippen molar-refractivity contribution in [2.24, 2.45) is 0 Å². The van der Waals surface area contributed by atoms with Crippen LogP contribution in [0.15, 0.2) is 0 Å². The maximum atomic E-state index is 8.67. The average molecular weight is 142 g/mol. The van der Waals surface area contributed by atoms with E-state index in [2.05, 4.69) is 0 Å². The van der Waals surface area contributed by atoms with Crippen molar-refractivity contribution in [1.29, 1.82) is 0 Å². The van der Waals surface area contributed by atoms with Crippen LogP contribution in [0.3, 0.4) is 0 Å². The summed E-state index contributed by atoms with van der Waals surface area (Å²) in [6.45, 7) is 0. The Morgan fingerprint density at radius 3 is 1.80 bits per heavy atom. The van der Waals surface area contributed by atoms with Crippen LogP contribution in [-0.2, 0) is 3.74 Å². The van der Waals surface area contributed by atoms with Gasteiger partial charge in [0, 0.05) is 0 Å². The van der Waals surface area contributed by atoms with Crippen LogP contribution >= 0.6 is 0 Å². The minimum Gasteiger partial charge on any atom is -0.369 e. The van der Waals surface area contributed by atoms with Crippen molar-refractivity contribution in [3.8, 4) is 0 Å². The average Bonchev–Trinajstić information content (AvgIpc) is 0.811. The zero-order valence-electron chi connectivity index (χ0n) is 2.71. The van der Waals surface area contributed by atoms with Gasteiger partial charge in [0.1, 0.15) is 0 Å². The van der Waals surface area contributed by atoms with Crippen molar-refractivity contribution in [1.82, 2.24) is 6.15 Å². The Kier molecular flexibility index (Phi) is 7.61. The summed E-state index contributed by atoms with van der Waals surface area (Å²) >= 11 is -3.69. The van der Waals surface area contributed by atoms with Gasteiger partial charge in [0.05, 0.1) is 0 Å². The maximum Gasteiger partial charge on any atom is -0.369 e. The zero-order valence-corrected chi connectivity index (χ0v) is 4.59. The summed E-state index contributed by atoms with van der Waals surface area (Å²) in [6.07, 6.45) is 0. The first-order valence-electron chi connectivity index (χ1n) is 0.565. The van der Waals surface area contributed by atoms with Crippen molar-refractivity contribution in [3.05, 3.63) is 0 Å². The summed E-state index contributed by atoms with van der Waals surface area (Å²) in [5, 5.41) is 0. The Morgan fingerprint density at radius 2 is 1.80 bits per heavy atom. The largest absolute Gasteiger partial charge is 0.369 e. The van der Waals surface area contributed by atoms with Crippen LogP contribution in [-0.4, -0.2) is 19.4 Å². The molecule has 0 aromatic carbocycles. The van der Waals surface area contributed by atoms with Crippen LogP contribution in [0.4, 0.5) is 0 Å². The molecule has 0 aliphatic heterocycles. The van der Waals surface area contributed by atoms with Gasteiger partial charge >= 0.3 is 27.2 Å². The van der Waals surface area contributed by atoms with E-state index in [-0.39, 0.29) is 6.15 Å². The van der Waals surface area contributed by atoms with E-state index in [1.165, 1.54) is 0 Å². The van der Waals surface area contributed by atoms with Crippen LogP contribution in [0.25, 0.3) is 0 Å². The molecule has 1 atom stereocenters. The first-order chi connectivity index (χ1) is 1.73. The van der Waals surface area contributed by atoms with Gasteiger partial charge in [-0.2, -0.15) is 0 Å². The molecule has 0 saturated heterocycles. The molecule has 0 saturated carbocycles. The Hall–Kier alpha value is 0.238. The Morgan fingerprint density at radius 1 is 1.80 bits per heavy atom. The van der Waals surface area contributed by atoms with E-state index in [1.54, 1.807) is 0 Å². The fourth-order valence-corrected chi connectivity index (χ4v) is 0. The van der Waals surface area contributed by atoms with Crippen LogP contribution in [0, 0.1) is 0 Å². The molecule has 0 aromatic rings. The summed E-state index contributed by atoms with van der Waals surface area (Å²) in [5.74, 6) is 0. The van der Waals surface area contributed by atoms with Gasteiger partial charge in [0.25, 0.3) is 0 Å². The van der Waals surface area contributed by atoms with E-state index in [0.717, 1.165) is 0 Å². The summed E-state index contributed by atoms with van der Waals surface area (Å²) in [5.41, 5.74) is 0. The van der Waals surface area contributed by atoms with Crippen molar-refractivity contribution < 1.29 is 11.9 Å². The molecule has 1 unspecified atom stereocenters. The third-order valence-electron chi connectivity index (χ3n) is 0. The molecule has 0 spiro atoms. The molecule has 0 aromatic heterocycles. The summed E-state index contributed by atoms with van der Waals surface area (Å²) in [6, 6.07) is 0. The molecule has 5 heteroatoms. The molecule has 4 nitrogen and oxygen atoms in total. The van der Waals surface area contributed by atoms with Gasteiger partial charge in [-0.3, -0.25) is 0 Å². The molecule has 33 valence electrons. The van der Waals surface area contributed by atoms with Gasteiger partial charge in [0.15, 0.2) is 0 Å². The van der Waals surface area contributed by atoms with Gasteiger partial charge in [-0.05, 0) is 0 Å². The molecule has 0 bridgehead atoms. The second kappa shape index (κ2) is 4.24. The molecular weight excluding hydrogens is 137 g/mol. The van der Waals surface area contributed by atoms with Crippen molar-refractivity contribution in [3.63, 3.8) is 0 Å². The monoisotopic (exact) mass is 142 g/mol. The van der Waals surface area contributed by atoms with Gasteiger partial charge in [-0.15, -0.1) is 0 Å². The molecule has 0 aliphatic carbocycles. The maximum absolute atomic E-state index is 8.67. The van der Waals surface area contributed by atoms with Gasteiger partial charge < -0.3 is 6.15 Å². The van der Waals surface area contributed by atoms with Gasteiger partial charge in [-0.25, -0.2) is 0 Å². The Bertz CT molecular complexity index is 29.9. The minimum absolute atomic E-state index is 0. The predicted octanol–water partition coefficient (Wildman–Crippen LogP) is -1.87. The van der Waals surface area contributed by atoms with Crippen molar-refractivity contribution in [2.75, 3.05) is 0 Å². The molecule has 5 heavy (non-hydrogen) atoms. The topological polar surface area (TPSA) is 96.9 Å². The molecular formula is H5AsNO3. The number of rotatable bonds is 0. The molecule has 0 heterocycles. The summed E-state index contributed by atoms with van der Waals surface area (Å²) < 4.78 is 24.4. The zero-order chi connectivity index (χ0) is 3.58. The van der Waals surface area contributed by atoms with Crippen LogP contribution in [0.5, 0.6) is 0 Å². The quantitative estimate of drug-likeness (QED) is 0.387. The van der Waals surface area contributed by atoms with E-state index < -0.39 is 15.3 Å². The summed E-state index contributed by atoms with van der Waals surface area (Å²) in [4.78, 5) is 0. The first kappa shape index (κ1) is 8.97. The van der Waals surface area contributed by atoms with Crippen LogP contribution in [0.1, 0.15) is 0 Å². The molecule has 0 aliphatic rings. The normalized spacial score (nSPS) is 8.80. The number of hydrogen-bond donors (Lipinski definition) is 2. The van der Waals surface area contributed by atoms with Crippen LogP contribution < -0.4 is 10.2 Å². The fraction of sp³-hybridized carbons (Fsp3) is 0. The fourth-order valence-electron chi connectivity index (χ4n) is 0. The molecule has 0 rings (SSSR count). The third-order valence-corrected chi connectivity index (χ3v) is 0. The first-order valence-corrected chi connectivity index (χ1v) is 2.94. The van der Waals surface area contributed by atoms with Crippen molar-refractivity contribution >= 4 is 15.3 Å². The van der Waals surface area contributed by atoms with E-state index in [0.29, 0.717) is 0 Å².